The second kappa shape index (κ2) is 10.8. The number of carbonyl (C=O) groups is 3. The van der Waals surface area contributed by atoms with Gasteiger partial charge < -0.3 is 16.4 Å². The van der Waals surface area contributed by atoms with Gasteiger partial charge in [-0.1, -0.05) is 12.1 Å². The molecule has 0 heterocycles. The highest BCUT2D eigenvalue weighted by molar-refractivity contribution is 14.1. The normalized spacial score (nSPS) is 11.5. The van der Waals surface area contributed by atoms with Gasteiger partial charge in [0.05, 0.1) is 11.4 Å². The molecule has 0 fully saturated rings. The van der Waals surface area contributed by atoms with Crippen LogP contribution in [0.5, 0.6) is 0 Å². The number of nitrogens with zero attached hydrogens (tertiary/aromatic N) is 1. The lowest BCUT2D eigenvalue weighted by Gasteiger charge is -2.08. The second-order valence-electron chi connectivity index (χ2n) is 6.05. The Labute approximate surface area is 191 Å². The maximum Gasteiger partial charge on any atom is 0.280 e. The number of nitrogen functional groups attached to an aromatic ring is 1. The summed E-state index contributed by atoms with van der Waals surface area (Å²) in [5.74, 6) is -1.96. The van der Waals surface area contributed by atoms with Crippen molar-refractivity contribution in [2.75, 3.05) is 28.8 Å². The smallest absolute Gasteiger partial charge is 0.280 e. The number of nitrogens with two attached hydrogens (primary N) is 1. The van der Waals surface area contributed by atoms with E-state index in [0.29, 0.717) is 17.1 Å². The average Bonchev–Trinajstić information content (AvgIpc) is 2.67. The third-order valence-electron chi connectivity index (χ3n) is 3.61. The molecule has 0 atom stereocenters. The molecule has 2 rings (SSSR count). The number of anilines is 3. The molecule has 2 amide bonds. The summed E-state index contributed by atoms with van der Waals surface area (Å²) >= 11 is 1.42. The van der Waals surface area contributed by atoms with E-state index in [9.17, 15) is 22.8 Å². The first-order chi connectivity index (χ1) is 14.5. The summed E-state index contributed by atoms with van der Waals surface area (Å²) < 4.78 is 29.5. The molecular weight excluding hydrogens is 541 g/mol. The van der Waals surface area contributed by atoms with Crippen molar-refractivity contribution in [3.8, 4) is 0 Å². The van der Waals surface area contributed by atoms with Gasteiger partial charge in [-0.3, -0.25) is 24.4 Å². The molecule has 0 radical (unpaired) electrons. The first kappa shape index (κ1) is 24.2. The Morgan fingerprint density at radius 3 is 2.39 bits per heavy atom. The monoisotopic (exact) mass is 559 g/mol. The third kappa shape index (κ3) is 8.31. The van der Waals surface area contributed by atoms with E-state index >= 15 is 0 Å². The van der Waals surface area contributed by atoms with E-state index in [1.807, 2.05) is 0 Å². The fraction of sp³-hybridized carbons (Fsp3) is 0.111. The molecular formula is C18H18IN5O6S. The quantitative estimate of drug-likeness (QED) is 0.0579. The molecule has 0 aliphatic carbocycles. The van der Waals surface area contributed by atoms with Crippen LogP contribution in [0.3, 0.4) is 0 Å². The summed E-state index contributed by atoms with van der Waals surface area (Å²) in [6.45, 7) is -0.273. The molecule has 164 valence electrons. The van der Waals surface area contributed by atoms with Gasteiger partial charge in [-0.25, -0.2) is 0 Å². The molecule has 0 spiro atoms. The number of hydrogen-bond acceptors (Lipinski definition) is 8. The van der Waals surface area contributed by atoms with Gasteiger partial charge in [-0.05, 0) is 36.4 Å². The highest BCUT2D eigenvalue weighted by atomic mass is 127. The second-order valence-corrected chi connectivity index (χ2v) is 8.60. The van der Waals surface area contributed by atoms with Gasteiger partial charge in [0.2, 0.25) is 9.50 Å². The Balaban J connectivity index is 2.08. The van der Waals surface area contributed by atoms with E-state index in [4.69, 9.17) is 10.3 Å². The van der Waals surface area contributed by atoms with Crippen molar-refractivity contribution in [3.63, 3.8) is 0 Å². The largest absolute Gasteiger partial charge is 0.399 e. The van der Waals surface area contributed by atoms with E-state index in [1.54, 1.807) is 24.3 Å². The number of halogens is 1. The Morgan fingerprint density at radius 1 is 1.06 bits per heavy atom. The van der Waals surface area contributed by atoms with Crippen LogP contribution in [0.1, 0.15) is 10.4 Å². The Morgan fingerprint density at radius 2 is 1.74 bits per heavy atom. The van der Waals surface area contributed by atoms with Crippen molar-refractivity contribution in [1.82, 2.24) is 5.32 Å². The lowest BCUT2D eigenvalue weighted by Crippen LogP contribution is -2.29. The van der Waals surface area contributed by atoms with Crippen LogP contribution in [0.25, 0.3) is 0 Å². The molecule has 0 saturated heterocycles. The maximum atomic E-state index is 12.4. The third-order valence-corrected chi connectivity index (χ3v) is 4.84. The minimum absolute atomic E-state index is 0.169. The summed E-state index contributed by atoms with van der Waals surface area (Å²) in [5, 5.41) is 8.69. The Hall–Kier alpha value is -3.04. The minimum Gasteiger partial charge on any atom is -0.399 e. The zero-order valence-electron chi connectivity index (χ0n) is 15.8. The molecule has 6 N–H and O–H groups in total. The fourth-order valence-corrected chi connectivity index (χ4v) is 2.96. The topological polar surface area (TPSA) is 180 Å². The van der Waals surface area contributed by atoms with E-state index in [-0.39, 0.29) is 12.1 Å². The highest BCUT2D eigenvalue weighted by Crippen LogP contribution is 2.13. The summed E-state index contributed by atoms with van der Waals surface area (Å²) in [4.78, 5) is 36.3. The van der Waals surface area contributed by atoms with Gasteiger partial charge in [0.15, 0.2) is 0 Å². The summed E-state index contributed by atoms with van der Waals surface area (Å²) in [6, 6.07) is 12.3. The summed E-state index contributed by atoms with van der Waals surface area (Å²) in [6.07, 6.45) is 0. The van der Waals surface area contributed by atoms with Crippen LogP contribution >= 0.6 is 22.6 Å². The van der Waals surface area contributed by atoms with Gasteiger partial charge in [0.25, 0.3) is 21.9 Å². The van der Waals surface area contributed by atoms with Crippen molar-refractivity contribution in [2.24, 2.45) is 5.10 Å². The molecule has 0 unspecified atom stereocenters. The van der Waals surface area contributed by atoms with Crippen LogP contribution in [-0.4, -0.2) is 46.6 Å². The molecule has 0 saturated carbocycles. The molecule has 0 aliphatic rings. The number of benzene rings is 2. The van der Waals surface area contributed by atoms with Crippen molar-refractivity contribution in [1.29, 1.82) is 0 Å². The van der Waals surface area contributed by atoms with Crippen LogP contribution in [0.4, 0.5) is 17.1 Å². The molecule has 13 heteroatoms. The van der Waals surface area contributed by atoms with Crippen LogP contribution in [0.15, 0.2) is 53.6 Å². The summed E-state index contributed by atoms with van der Waals surface area (Å²) in [5.41, 5.74) is 9.08. The van der Waals surface area contributed by atoms with E-state index in [2.05, 4.69) is 21.2 Å². The van der Waals surface area contributed by atoms with Crippen LogP contribution < -0.4 is 21.8 Å². The standard InChI is InChI=1S/C18H18IN5O6S/c19-16(25)15(18(27)22-13-5-2-4-12(20)10-13)24-23-14-6-1-3-11(9-14)17(26)21-7-8-31(28,29)30/h1-6,9-10,23H,7-8,20H2,(H,21,26)(H,22,27)(H,28,29,30)/b24-15-. The van der Waals surface area contributed by atoms with Crippen molar-refractivity contribution in [3.05, 3.63) is 54.1 Å². The number of hydrazone groups is 1. The Bertz CT molecular complexity index is 1140. The SMILES string of the molecule is Nc1cccc(NC(=O)/C(=N\Nc2cccc(C(=O)NCCS(=O)(=O)O)c2)C(=O)I)c1. The molecule has 11 nitrogen and oxygen atoms in total. The molecule has 0 aromatic heterocycles. The first-order valence-electron chi connectivity index (χ1n) is 8.59. The average molecular weight is 559 g/mol. The van der Waals surface area contributed by atoms with Crippen LogP contribution in [0.2, 0.25) is 0 Å². The fourth-order valence-electron chi connectivity index (χ4n) is 2.24. The van der Waals surface area contributed by atoms with Crippen molar-refractivity contribution < 1.29 is 27.4 Å². The lowest BCUT2D eigenvalue weighted by atomic mass is 10.2. The predicted octanol–water partition coefficient (Wildman–Crippen LogP) is 1.25. The molecule has 2 aromatic rings. The molecule has 0 aliphatic heterocycles. The van der Waals surface area contributed by atoms with Gasteiger partial charge >= 0.3 is 0 Å². The minimum atomic E-state index is -4.19. The van der Waals surface area contributed by atoms with Crippen molar-refractivity contribution >= 4 is 71.1 Å². The van der Waals surface area contributed by atoms with E-state index < -0.39 is 37.2 Å². The Kier molecular flexibility index (Phi) is 8.47. The van der Waals surface area contributed by atoms with Gasteiger partial charge in [0, 0.05) is 46.1 Å². The zero-order valence-corrected chi connectivity index (χ0v) is 18.8. The zero-order chi connectivity index (χ0) is 23.0. The highest BCUT2D eigenvalue weighted by Gasteiger charge is 2.19. The number of rotatable bonds is 9. The predicted molar refractivity (Wildman–Crippen MR) is 125 cm³/mol. The number of carbonyl (C=O) groups excluding carboxylic acids is 3. The van der Waals surface area contributed by atoms with Gasteiger partial charge in [-0.15, -0.1) is 0 Å². The van der Waals surface area contributed by atoms with Gasteiger partial charge in [-0.2, -0.15) is 13.5 Å². The van der Waals surface area contributed by atoms with E-state index in [0.717, 1.165) is 0 Å². The number of nitrogens with one attached hydrogen (secondary N) is 3. The van der Waals surface area contributed by atoms with Crippen LogP contribution in [0, 0.1) is 0 Å². The molecule has 0 bridgehead atoms. The summed E-state index contributed by atoms with van der Waals surface area (Å²) in [7, 11) is -4.19. The van der Waals surface area contributed by atoms with E-state index in [1.165, 1.54) is 46.9 Å². The van der Waals surface area contributed by atoms with Crippen LogP contribution in [-0.2, 0) is 19.7 Å². The van der Waals surface area contributed by atoms with Crippen molar-refractivity contribution in [2.45, 2.75) is 0 Å². The van der Waals surface area contributed by atoms with Gasteiger partial charge in [0.1, 0.15) is 0 Å². The first-order valence-corrected chi connectivity index (χ1v) is 11.3. The number of hydrogen-bond donors (Lipinski definition) is 5. The number of amides is 2. The molecule has 2 aromatic carbocycles. The lowest BCUT2D eigenvalue weighted by molar-refractivity contribution is -0.111. The maximum absolute atomic E-state index is 12.4. The molecule has 31 heavy (non-hydrogen) atoms.